The first-order chi connectivity index (χ1) is 12.2. The summed E-state index contributed by atoms with van der Waals surface area (Å²) in [6.45, 7) is 11.2. The van der Waals surface area contributed by atoms with Crippen molar-refractivity contribution in [1.82, 2.24) is 9.80 Å². The van der Waals surface area contributed by atoms with E-state index in [4.69, 9.17) is 0 Å². The van der Waals surface area contributed by atoms with Crippen LogP contribution in [0.5, 0.6) is 0 Å². The summed E-state index contributed by atoms with van der Waals surface area (Å²) in [5, 5.41) is 0. The van der Waals surface area contributed by atoms with E-state index in [9.17, 15) is 9.59 Å². The summed E-state index contributed by atoms with van der Waals surface area (Å²) in [5.41, 5.74) is 2.05. The highest BCUT2D eigenvalue weighted by Crippen LogP contribution is 2.41. The van der Waals surface area contributed by atoms with Crippen LogP contribution < -0.4 is 0 Å². The molecule has 1 atom stereocenters. The second kappa shape index (κ2) is 7.05. The summed E-state index contributed by atoms with van der Waals surface area (Å²) >= 11 is 0. The van der Waals surface area contributed by atoms with Gasteiger partial charge >= 0.3 is 0 Å². The predicted octanol–water partition coefficient (Wildman–Crippen LogP) is 3.77. The van der Waals surface area contributed by atoms with Crippen LogP contribution in [0.15, 0.2) is 24.3 Å². The molecule has 0 aromatic heterocycles. The zero-order valence-corrected chi connectivity index (χ0v) is 16.7. The predicted molar refractivity (Wildman–Crippen MR) is 104 cm³/mol. The number of carbonyl (C=O) groups excluding carboxylic acids is 2. The Labute approximate surface area is 157 Å². The summed E-state index contributed by atoms with van der Waals surface area (Å²) in [5.74, 6) is 0.439. The maximum absolute atomic E-state index is 13.3. The van der Waals surface area contributed by atoms with Crippen molar-refractivity contribution < 1.29 is 9.59 Å². The number of rotatable bonds is 3. The highest BCUT2D eigenvalue weighted by molar-refractivity contribution is 5.86. The summed E-state index contributed by atoms with van der Waals surface area (Å²) in [4.78, 5) is 29.8. The van der Waals surface area contributed by atoms with E-state index in [1.165, 1.54) is 11.1 Å². The third-order valence-electron chi connectivity index (χ3n) is 5.67. The molecule has 0 radical (unpaired) electrons. The molecule has 0 unspecified atom stereocenters. The number of carbonyl (C=O) groups is 2. The lowest BCUT2D eigenvalue weighted by Gasteiger charge is -2.39. The molecule has 0 bridgehead atoms. The molecule has 2 aliphatic heterocycles. The molecular formula is C22H32N2O2. The van der Waals surface area contributed by atoms with Crippen molar-refractivity contribution in [1.29, 1.82) is 0 Å². The van der Waals surface area contributed by atoms with Gasteiger partial charge in [0.1, 0.15) is 0 Å². The molecule has 26 heavy (non-hydrogen) atoms. The average Bonchev–Trinajstić information content (AvgIpc) is 2.96. The highest BCUT2D eigenvalue weighted by Gasteiger charge is 2.49. The van der Waals surface area contributed by atoms with Gasteiger partial charge in [0.15, 0.2) is 0 Å². The molecule has 0 N–H and O–H groups in total. The van der Waals surface area contributed by atoms with Gasteiger partial charge < -0.3 is 9.80 Å². The third-order valence-corrected chi connectivity index (χ3v) is 5.67. The molecule has 0 aliphatic carbocycles. The van der Waals surface area contributed by atoms with E-state index in [0.29, 0.717) is 19.5 Å². The van der Waals surface area contributed by atoms with Crippen molar-refractivity contribution in [3.8, 4) is 0 Å². The van der Waals surface area contributed by atoms with Gasteiger partial charge in [-0.2, -0.15) is 0 Å². The van der Waals surface area contributed by atoms with Gasteiger partial charge in [-0.25, -0.2) is 0 Å². The van der Waals surface area contributed by atoms with Crippen LogP contribution in [0.3, 0.4) is 0 Å². The average molecular weight is 357 g/mol. The number of hydrogen-bond acceptors (Lipinski definition) is 2. The van der Waals surface area contributed by atoms with Crippen molar-refractivity contribution >= 4 is 11.8 Å². The summed E-state index contributed by atoms with van der Waals surface area (Å²) < 4.78 is 0. The molecule has 2 amide bonds. The van der Waals surface area contributed by atoms with Gasteiger partial charge in [-0.3, -0.25) is 9.59 Å². The number of hydrogen-bond donors (Lipinski definition) is 0. The summed E-state index contributed by atoms with van der Waals surface area (Å²) in [6, 6.07) is 8.38. The molecule has 1 spiro atoms. The van der Waals surface area contributed by atoms with E-state index < -0.39 is 0 Å². The maximum Gasteiger partial charge on any atom is 0.230 e. The first-order valence-corrected chi connectivity index (χ1v) is 9.81. The van der Waals surface area contributed by atoms with Crippen LogP contribution in [0.4, 0.5) is 0 Å². The quantitative estimate of drug-likeness (QED) is 0.827. The van der Waals surface area contributed by atoms with Gasteiger partial charge in [-0.1, -0.05) is 50.6 Å². The minimum Gasteiger partial charge on any atom is -0.342 e. The van der Waals surface area contributed by atoms with E-state index in [2.05, 4.69) is 52.0 Å². The Morgan fingerprint density at radius 2 is 1.96 bits per heavy atom. The van der Waals surface area contributed by atoms with Crippen LogP contribution in [0, 0.1) is 17.8 Å². The zero-order valence-electron chi connectivity index (χ0n) is 16.7. The molecule has 2 heterocycles. The van der Waals surface area contributed by atoms with Gasteiger partial charge in [0.25, 0.3) is 0 Å². The molecule has 2 fully saturated rings. The Hall–Kier alpha value is -1.84. The van der Waals surface area contributed by atoms with E-state index in [1.54, 1.807) is 0 Å². The van der Waals surface area contributed by atoms with Crippen molar-refractivity contribution in [2.45, 2.75) is 59.9 Å². The van der Waals surface area contributed by atoms with Crippen LogP contribution in [-0.2, 0) is 16.1 Å². The molecule has 142 valence electrons. The molecule has 1 aromatic rings. The SMILES string of the molecule is Cc1cccc(CN2CCC[C@]3(CCN(C(=O)CC(C)(C)C)C3)C2=O)c1. The number of benzene rings is 1. The second-order valence-corrected chi connectivity index (χ2v) is 9.40. The lowest BCUT2D eigenvalue weighted by atomic mass is 9.78. The second-order valence-electron chi connectivity index (χ2n) is 9.40. The van der Waals surface area contributed by atoms with E-state index in [-0.39, 0.29) is 22.6 Å². The summed E-state index contributed by atoms with van der Waals surface area (Å²) in [7, 11) is 0. The molecular weight excluding hydrogens is 324 g/mol. The van der Waals surface area contributed by atoms with Gasteiger partial charge in [-0.05, 0) is 37.2 Å². The van der Waals surface area contributed by atoms with Crippen molar-refractivity contribution in [2.75, 3.05) is 19.6 Å². The Morgan fingerprint density at radius 3 is 2.65 bits per heavy atom. The smallest absolute Gasteiger partial charge is 0.230 e. The molecule has 0 saturated carbocycles. The highest BCUT2D eigenvalue weighted by atomic mass is 16.2. The summed E-state index contributed by atoms with van der Waals surface area (Å²) in [6.07, 6.45) is 3.30. The van der Waals surface area contributed by atoms with Crippen molar-refractivity contribution in [3.05, 3.63) is 35.4 Å². The van der Waals surface area contributed by atoms with E-state index >= 15 is 0 Å². The van der Waals surface area contributed by atoms with Crippen LogP contribution in [0.25, 0.3) is 0 Å². The molecule has 2 saturated heterocycles. The van der Waals surface area contributed by atoms with Gasteiger partial charge in [-0.15, -0.1) is 0 Å². The fourth-order valence-electron chi connectivity index (χ4n) is 4.36. The first kappa shape index (κ1) is 18.9. The lowest BCUT2D eigenvalue weighted by molar-refractivity contribution is -0.147. The van der Waals surface area contributed by atoms with Crippen LogP contribution in [-0.4, -0.2) is 41.2 Å². The number of piperidine rings is 1. The number of amides is 2. The standard InChI is InChI=1S/C22H32N2O2/c1-17-7-5-8-18(13-17)15-23-11-6-9-22(20(23)26)10-12-24(16-22)19(25)14-21(2,3)4/h5,7-8,13H,6,9-12,14-16H2,1-4H3/t22-/m1/s1. The fraction of sp³-hybridized carbons (Fsp3) is 0.636. The Balaban J connectivity index is 1.68. The van der Waals surface area contributed by atoms with E-state index in [1.807, 2.05) is 9.80 Å². The molecule has 4 nitrogen and oxygen atoms in total. The van der Waals surface area contributed by atoms with Crippen LogP contribution >= 0.6 is 0 Å². The van der Waals surface area contributed by atoms with Crippen LogP contribution in [0.2, 0.25) is 0 Å². The Morgan fingerprint density at radius 1 is 1.19 bits per heavy atom. The zero-order chi connectivity index (χ0) is 18.9. The van der Waals surface area contributed by atoms with Crippen LogP contribution in [0.1, 0.15) is 57.6 Å². The van der Waals surface area contributed by atoms with Gasteiger partial charge in [0.05, 0.1) is 5.41 Å². The minimum atomic E-state index is -0.352. The molecule has 4 heteroatoms. The number of aryl methyl sites for hydroxylation is 1. The monoisotopic (exact) mass is 356 g/mol. The molecule has 3 rings (SSSR count). The largest absolute Gasteiger partial charge is 0.342 e. The van der Waals surface area contributed by atoms with Crippen molar-refractivity contribution in [3.63, 3.8) is 0 Å². The van der Waals surface area contributed by atoms with Gasteiger partial charge in [0, 0.05) is 32.6 Å². The third kappa shape index (κ3) is 4.11. The lowest BCUT2D eigenvalue weighted by Crippen LogP contribution is -2.50. The Bertz CT molecular complexity index is 692. The first-order valence-electron chi connectivity index (χ1n) is 9.81. The Kier molecular flexibility index (Phi) is 5.14. The fourth-order valence-corrected chi connectivity index (χ4v) is 4.36. The normalized spacial score (nSPS) is 23.8. The van der Waals surface area contributed by atoms with Gasteiger partial charge in [0.2, 0.25) is 11.8 Å². The molecule has 2 aliphatic rings. The maximum atomic E-state index is 13.3. The minimum absolute atomic E-state index is 0.0133. The topological polar surface area (TPSA) is 40.6 Å². The molecule has 1 aromatic carbocycles. The number of likely N-dealkylation sites (tertiary alicyclic amines) is 2. The van der Waals surface area contributed by atoms with E-state index in [0.717, 1.165) is 32.4 Å². The van der Waals surface area contributed by atoms with Crippen molar-refractivity contribution in [2.24, 2.45) is 10.8 Å². The number of nitrogens with zero attached hydrogens (tertiary/aromatic N) is 2.